The van der Waals surface area contributed by atoms with Gasteiger partial charge in [0.05, 0.1) is 7.11 Å². The van der Waals surface area contributed by atoms with Crippen molar-refractivity contribution in [3.8, 4) is 0 Å². The Bertz CT molecular complexity index is 805. The highest BCUT2D eigenvalue weighted by Crippen LogP contribution is 2.23. The lowest BCUT2D eigenvalue weighted by Crippen LogP contribution is -2.41. The largest absolute Gasteiger partial charge is 0.467 e. The predicted octanol–water partition coefficient (Wildman–Crippen LogP) is 2.49. The molecule has 2 atom stereocenters. The van der Waals surface area contributed by atoms with Crippen LogP contribution in [0, 0.1) is 0 Å². The first-order valence-corrected chi connectivity index (χ1v) is 8.75. The summed E-state index contributed by atoms with van der Waals surface area (Å²) in [6.45, 7) is 0.378. The second-order valence-electron chi connectivity index (χ2n) is 6.01. The Hall–Kier alpha value is -2.87. The van der Waals surface area contributed by atoms with Crippen molar-refractivity contribution in [2.45, 2.75) is 25.1 Å². The second kappa shape index (κ2) is 8.68. The van der Waals surface area contributed by atoms with Gasteiger partial charge in [0, 0.05) is 25.2 Å². The molecule has 1 aliphatic rings. The normalized spacial score (nSPS) is 18.8. The fourth-order valence-electron chi connectivity index (χ4n) is 2.89. The summed E-state index contributed by atoms with van der Waals surface area (Å²) in [6.07, 6.45) is 1.30. The molecule has 2 aromatic rings. The Balaban J connectivity index is 1.66. The Morgan fingerprint density at radius 1 is 1.30 bits per heavy atom. The lowest BCUT2D eigenvalue weighted by Gasteiger charge is -2.21. The predicted molar refractivity (Wildman–Crippen MR) is 98.2 cm³/mol. The monoisotopic (exact) mass is 390 g/mol. The zero-order valence-electron chi connectivity index (χ0n) is 14.7. The Morgan fingerprint density at radius 3 is 2.78 bits per heavy atom. The van der Waals surface area contributed by atoms with Crippen LogP contribution in [0.4, 0.5) is 10.7 Å². The van der Waals surface area contributed by atoms with Crippen LogP contribution in [0.5, 0.6) is 0 Å². The van der Waals surface area contributed by atoms with E-state index in [-0.39, 0.29) is 19.2 Å². The van der Waals surface area contributed by atoms with Crippen LogP contribution in [0.3, 0.4) is 0 Å². The second-order valence-corrected chi connectivity index (χ2v) is 6.40. The van der Waals surface area contributed by atoms with E-state index in [0.29, 0.717) is 17.5 Å². The van der Waals surface area contributed by atoms with Crippen LogP contribution in [-0.2, 0) is 20.9 Å². The molecule has 1 aliphatic heterocycles. The van der Waals surface area contributed by atoms with E-state index in [1.165, 1.54) is 18.2 Å². The number of carbonyl (C=O) groups is 2. The third kappa shape index (κ3) is 4.85. The molecule has 0 aliphatic carbocycles. The van der Waals surface area contributed by atoms with Crippen LogP contribution in [0.15, 0.2) is 42.6 Å². The minimum absolute atomic E-state index is 0.125. The molecule has 9 heteroatoms. The number of nitrogens with one attached hydrogen (secondary N) is 1. The third-order valence-corrected chi connectivity index (χ3v) is 4.38. The van der Waals surface area contributed by atoms with Crippen molar-refractivity contribution in [3.63, 3.8) is 0 Å². The molecular weight excluding hydrogens is 372 g/mol. The number of rotatable bonds is 5. The van der Waals surface area contributed by atoms with Gasteiger partial charge < -0.3 is 14.8 Å². The fourth-order valence-corrected chi connectivity index (χ4v) is 3.03. The zero-order valence-corrected chi connectivity index (χ0v) is 15.4. The summed E-state index contributed by atoms with van der Waals surface area (Å²) in [7, 11) is 1.29. The number of carbonyl (C=O) groups excluding carboxylic acids is 2. The molecule has 0 unspecified atom stereocenters. The van der Waals surface area contributed by atoms with Crippen molar-refractivity contribution in [2.75, 3.05) is 19.0 Å². The van der Waals surface area contributed by atoms with E-state index in [9.17, 15) is 9.59 Å². The number of amides is 1. The highest BCUT2D eigenvalue weighted by molar-refractivity contribution is 6.29. The summed E-state index contributed by atoms with van der Waals surface area (Å²) in [5.41, 5.74) is 0.863. The van der Waals surface area contributed by atoms with Crippen LogP contribution < -0.4 is 5.32 Å². The maximum Gasteiger partial charge on any atom is 0.410 e. The molecule has 1 fully saturated rings. The molecule has 27 heavy (non-hydrogen) atoms. The van der Waals surface area contributed by atoms with Gasteiger partial charge in [0.2, 0.25) is 5.95 Å². The molecule has 0 spiro atoms. The Kier molecular flexibility index (Phi) is 6.08. The Labute approximate surface area is 161 Å². The van der Waals surface area contributed by atoms with Crippen molar-refractivity contribution < 1.29 is 19.1 Å². The summed E-state index contributed by atoms with van der Waals surface area (Å²) >= 11 is 5.86. The van der Waals surface area contributed by atoms with E-state index in [1.807, 2.05) is 30.3 Å². The summed E-state index contributed by atoms with van der Waals surface area (Å²) in [5.74, 6) is -0.168. The number of ether oxygens (including phenoxy) is 2. The first kappa shape index (κ1) is 18.9. The fraction of sp³-hybridized carbons (Fsp3) is 0.333. The van der Waals surface area contributed by atoms with Gasteiger partial charge in [0.15, 0.2) is 0 Å². The molecule has 1 amide bonds. The van der Waals surface area contributed by atoms with Crippen molar-refractivity contribution >= 4 is 29.6 Å². The minimum Gasteiger partial charge on any atom is -0.467 e. The molecule has 2 heterocycles. The maximum absolute atomic E-state index is 12.5. The number of benzene rings is 1. The number of hydrogen-bond acceptors (Lipinski definition) is 7. The van der Waals surface area contributed by atoms with Gasteiger partial charge in [-0.3, -0.25) is 4.90 Å². The highest BCUT2D eigenvalue weighted by atomic mass is 35.5. The molecule has 1 N–H and O–H groups in total. The van der Waals surface area contributed by atoms with Crippen LogP contribution in [0.25, 0.3) is 0 Å². The van der Waals surface area contributed by atoms with E-state index in [0.717, 1.165) is 5.56 Å². The molecule has 142 valence electrons. The van der Waals surface area contributed by atoms with E-state index in [1.54, 1.807) is 6.07 Å². The molecule has 0 saturated carbocycles. The lowest BCUT2D eigenvalue weighted by atomic mass is 10.2. The van der Waals surface area contributed by atoms with Crippen LogP contribution in [-0.4, -0.2) is 52.7 Å². The molecular formula is C18H19ClN4O4. The number of hydrogen-bond donors (Lipinski definition) is 1. The van der Waals surface area contributed by atoms with Gasteiger partial charge in [0.1, 0.15) is 17.8 Å². The molecule has 0 radical (unpaired) electrons. The molecule has 1 aromatic heterocycles. The van der Waals surface area contributed by atoms with Crippen molar-refractivity contribution in [1.82, 2.24) is 14.9 Å². The topological polar surface area (TPSA) is 93.6 Å². The first-order valence-electron chi connectivity index (χ1n) is 8.37. The van der Waals surface area contributed by atoms with Crippen molar-refractivity contribution in [1.29, 1.82) is 0 Å². The van der Waals surface area contributed by atoms with Crippen molar-refractivity contribution in [2.24, 2.45) is 0 Å². The minimum atomic E-state index is -0.741. The van der Waals surface area contributed by atoms with Gasteiger partial charge in [-0.15, -0.1) is 0 Å². The van der Waals surface area contributed by atoms with E-state index in [2.05, 4.69) is 15.3 Å². The number of likely N-dealkylation sites (tertiary alicyclic amines) is 1. The average Bonchev–Trinajstić information content (AvgIpc) is 3.10. The van der Waals surface area contributed by atoms with Crippen molar-refractivity contribution in [3.05, 3.63) is 53.3 Å². The van der Waals surface area contributed by atoms with Gasteiger partial charge in [-0.2, -0.15) is 0 Å². The smallest absolute Gasteiger partial charge is 0.410 e. The average molecular weight is 391 g/mol. The molecule has 1 aromatic carbocycles. The number of halogens is 1. The zero-order chi connectivity index (χ0) is 19.2. The van der Waals surface area contributed by atoms with Gasteiger partial charge in [-0.25, -0.2) is 19.6 Å². The number of esters is 1. The van der Waals surface area contributed by atoms with Crippen LogP contribution >= 0.6 is 11.6 Å². The summed E-state index contributed by atoms with van der Waals surface area (Å²) in [5, 5.41) is 3.39. The van der Waals surface area contributed by atoms with Crippen LogP contribution in [0.1, 0.15) is 12.0 Å². The van der Waals surface area contributed by atoms with E-state index < -0.39 is 18.1 Å². The Morgan fingerprint density at radius 2 is 2.07 bits per heavy atom. The molecule has 3 rings (SSSR count). The summed E-state index contributed by atoms with van der Waals surface area (Å²) in [4.78, 5) is 34.1. The van der Waals surface area contributed by atoms with Gasteiger partial charge in [-0.05, 0) is 11.6 Å². The quantitative estimate of drug-likeness (QED) is 0.619. The number of anilines is 1. The summed E-state index contributed by atoms with van der Waals surface area (Å²) in [6, 6.07) is 9.90. The third-order valence-electron chi connectivity index (χ3n) is 4.17. The van der Waals surface area contributed by atoms with Crippen LogP contribution in [0.2, 0.25) is 5.15 Å². The number of nitrogens with zero attached hydrogens (tertiary/aromatic N) is 3. The molecule has 1 saturated heterocycles. The van der Waals surface area contributed by atoms with Gasteiger partial charge >= 0.3 is 12.1 Å². The van der Waals surface area contributed by atoms with Gasteiger partial charge in [0.25, 0.3) is 0 Å². The summed E-state index contributed by atoms with van der Waals surface area (Å²) < 4.78 is 10.2. The number of aromatic nitrogens is 2. The standard InChI is InChI=1S/C18H19ClN4O4/c1-26-16(24)14-9-13(21-17-20-8-7-15(19)22-17)10-23(14)18(25)27-11-12-5-3-2-4-6-12/h2-8,13-14H,9-11H2,1H3,(H,20,21,22)/t13-,14-/m0/s1. The van der Waals surface area contributed by atoms with Gasteiger partial charge in [-0.1, -0.05) is 41.9 Å². The van der Waals surface area contributed by atoms with E-state index in [4.69, 9.17) is 21.1 Å². The lowest BCUT2D eigenvalue weighted by molar-refractivity contribution is -0.145. The maximum atomic E-state index is 12.5. The molecule has 8 nitrogen and oxygen atoms in total. The SMILES string of the molecule is COC(=O)[C@@H]1C[C@H](Nc2nccc(Cl)n2)CN1C(=O)OCc1ccccc1. The molecule has 0 bridgehead atoms. The van der Waals surface area contributed by atoms with E-state index >= 15 is 0 Å². The first-order chi connectivity index (χ1) is 13.1. The highest BCUT2D eigenvalue weighted by Gasteiger charge is 2.41. The number of methoxy groups -OCH3 is 1.